The minimum Gasteiger partial charge on any atom is -0.354 e. The molecule has 0 amide bonds. The Morgan fingerprint density at radius 2 is 2.28 bits per heavy atom. The average Bonchev–Trinajstić information content (AvgIpc) is 2.98. The van der Waals surface area contributed by atoms with E-state index in [1.807, 2.05) is 0 Å². The van der Waals surface area contributed by atoms with E-state index in [1.165, 1.54) is 25.7 Å². The van der Waals surface area contributed by atoms with E-state index >= 15 is 0 Å². The van der Waals surface area contributed by atoms with Gasteiger partial charge in [-0.2, -0.15) is 5.26 Å². The predicted octanol–water partition coefficient (Wildman–Crippen LogP) is 3.82. The maximum Gasteiger partial charge on any atom is 0.136 e. The summed E-state index contributed by atoms with van der Waals surface area (Å²) in [6, 6.07) is 2.89. The van der Waals surface area contributed by atoms with Crippen LogP contribution < -0.4 is 0 Å². The smallest absolute Gasteiger partial charge is 0.136 e. The van der Waals surface area contributed by atoms with Gasteiger partial charge in [0.15, 0.2) is 0 Å². The molecule has 2 aliphatic rings. The first-order chi connectivity index (χ1) is 8.76. The average molecular weight is 282 g/mol. The number of thioether (sulfide) groups is 1. The van der Waals surface area contributed by atoms with Crippen molar-refractivity contribution in [2.75, 3.05) is 12.3 Å². The van der Waals surface area contributed by atoms with Crippen LogP contribution in [0, 0.1) is 23.2 Å². The first-order valence-corrected chi connectivity index (χ1v) is 8.46. The largest absolute Gasteiger partial charge is 0.354 e. The third kappa shape index (κ3) is 3.19. The van der Waals surface area contributed by atoms with Crippen LogP contribution in [0.1, 0.15) is 45.4 Å². The second-order valence-electron chi connectivity index (χ2n) is 5.46. The summed E-state index contributed by atoms with van der Waals surface area (Å²) in [7, 11) is 0. The Bertz CT molecular complexity index is 337. The molecule has 2 aliphatic carbocycles. The lowest BCUT2D eigenvalue weighted by Crippen LogP contribution is -2.41. The lowest BCUT2D eigenvalue weighted by molar-refractivity contribution is 0.233. The molecule has 0 radical (unpaired) electrons. The van der Waals surface area contributed by atoms with Gasteiger partial charge < -0.3 is 4.90 Å². The molecule has 0 spiro atoms. The summed E-state index contributed by atoms with van der Waals surface area (Å²) in [5.41, 5.74) is 0. The molecule has 2 rings (SSSR count). The molecule has 0 heterocycles. The summed E-state index contributed by atoms with van der Waals surface area (Å²) in [4.78, 5) is 2.47. The molecule has 2 bridgehead atoms. The van der Waals surface area contributed by atoms with Crippen LogP contribution in [-0.2, 0) is 0 Å². The molecule has 18 heavy (non-hydrogen) atoms. The van der Waals surface area contributed by atoms with E-state index in [0.717, 1.165) is 34.9 Å². The van der Waals surface area contributed by atoms with Crippen molar-refractivity contribution in [3.05, 3.63) is 0 Å². The second kappa shape index (κ2) is 6.77. The third-order valence-electron chi connectivity index (χ3n) is 4.24. The van der Waals surface area contributed by atoms with Crippen molar-refractivity contribution in [1.29, 1.82) is 5.26 Å². The van der Waals surface area contributed by atoms with E-state index < -0.39 is 0 Å². The van der Waals surface area contributed by atoms with Crippen molar-refractivity contribution in [3.63, 3.8) is 0 Å². The van der Waals surface area contributed by atoms with E-state index in [2.05, 4.69) is 17.9 Å². The minimum atomic E-state index is 0.599. The van der Waals surface area contributed by atoms with Crippen LogP contribution >= 0.6 is 24.0 Å². The fourth-order valence-corrected chi connectivity index (χ4v) is 4.73. The number of hydrogen-bond acceptors (Lipinski definition) is 3. The Balaban J connectivity index is 1.91. The van der Waals surface area contributed by atoms with E-state index in [9.17, 15) is 0 Å². The first-order valence-electron chi connectivity index (χ1n) is 7.06. The van der Waals surface area contributed by atoms with Crippen molar-refractivity contribution in [3.8, 4) is 6.07 Å². The number of thiocarbonyl (C=S) groups is 1. The first kappa shape index (κ1) is 14.1. The molecule has 3 atom stereocenters. The van der Waals surface area contributed by atoms with Gasteiger partial charge in [0.05, 0.1) is 6.07 Å². The van der Waals surface area contributed by atoms with Crippen LogP contribution in [0.15, 0.2) is 0 Å². The van der Waals surface area contributed by atoms with E-state index in [4.69, 9.17) is 17.5 Å². The van der Waals surface area contributed by atoms with Gasteiger partial charge in [0.1, 0.15) is 4.32 Å². The fraction of sp³-hybridized carbons (Fsp3) is 0.857. The molecule has 3 unspecified atom stereocenters. The lowest BCUT2D eigenvalue weighted by atomic mass is 9.94. The molecule has 0 N–H and O–H groups in total. The maximum absolute atomic E-state index is 8.60. The number of nitrogens with zero attached hydrogens (tertiary/aromatic N) is 2. The molecular weight excluding hydrogens is 260 g/mol. The van der Waals surface area contributed by atoms with Crippen molar-refractivity contribution >= 4 is 28.3 Å². The van der Waals surface area contributed by atoms with Crippen LogP contribution in [-0.4, -0.2) is 27.6 Å². The van der Waals surface area contributed by atoms with Crippen LogP contribution in [0.2, 0.25) is 0 Å². The molecule has 2 saturated carbocycles. The van der Waals surface area contributed by atoms with Gasteiger partial charge in [0.25, 0.3) is 0 Å². The Morgan fingerprint density at radius 3 is 2.83 bits per heavy atom. The molecule has 4 heteroatoms. The van der Waals surface area contributed by atoms with Gasteiger partial charge in [-0.05, 0) is 37.5 Å². The van der Waals surface area contributed by atoms with Crippen molar-refractivity contribution in [2.45, 2.75) is 51.5 Å². The molecule has 2 fully saturated rings. The van der Waals surface area contributed by atoms with Crippen LogP contribution in [0.4, 0.5) is 0 Å². The highest BCUT2D eigenvalue weighted by atomic mass is 32.2. The monoisotopic (exact) mass is 282 g/mol. The number of rotatable bonds is 5. The van der Waals surface area contributed by atoms with E-state index in [1.54, 1.807) is 11.8 Å². The van der Waals surface area contributed by atoms with Gasteiger partial charge in [-0.1, -0.05) is 37.3 Å². The van der Waals surface area contributed by atoms with E-state index in [0.29, 0.717) is 12.5 Å². The standard InChI is InChI=1S/C14H22N2S2/c1-2-7-16(14(17)18-8-3-6-15)13-10-11-4-5-12(13)9-11/h11-13H,2-5,7-10H2,1H3. The number of nitriles is 1. The molecule has 2 nitrogen and oxygen atoms in total. The maximum atomic E-state index is 8.60. The zero-order valence-corrected chi connectivity index (χ0v) is 12.7. The summed E-state index contributed by atoms with van der Waals surface area (Å²) in [6.45, 7) is 3.31. The Hall–Kier alpha value is -0.270. The number of hydrogen-bond donors (Lipinski definition) is 0. The summed E-state index contributed by atoms with van der Waals surface area (Å²) in [5, 5.41) is 8.60. The molecule has 0 saturated heterocycles. The van der Waals surface area contributed by atoms with Gasteiger partial charge in [-0.25, -0.2) is 0 Å². The Morgan fingerprint density at radius 1 is 1.44 bits per heavy atom. The quantitative estimate of drug-likeness (QED) is 0.566. The zero-order chi connectivity index (χ0) is 13.0. The highest BCUT2D eigenvalue weighted by Gasteiger charge is 2.42. The molecular formula is C14H22N2S2. The minimum absolute atomic E-state index is 0.599. The normalized spacial score (nSPS) is 29.2. The highest BCUT2D eigenvalue weighted by molar-refractivity contribution is 8.22. The Kier molecular flexibility index (Phi) is 5.32. The number of fused-ring (bicyclic) bond motifs is 2. The molecule has 0 aromatic heterocycles. The molecule has 0 aliphatic heterocycles. The molecule has 100 valence electrons. The summed E-state index contributed by atoms with van der Waals surface area (Å²) in [5.74, 6) is 2.69. The van der Waals surface area contributed by atoms with Gasteiger partial charge in [0, 0.05) is 24.8 Å². The van der Waals surface area contributed by atoms with Gasteiger partial charge >= 0.3 is 0 Å². The Labute approximate surface area is 120 Å². The van der Waals surface area contributed by atoms with Crippen molar-refractivity contribution in [2.24, 2.45) is 11.8 Å². The van der Waals surface area contributed by atoms with Gasteiger partial charge in [-0.15, -0.1) is 0 Å². The summed E-state index contributed by atoms with van der Waals surface area (Å²) < 4.78 is 1.03. The van der Waals surface area contributed by atoms with Crippen LogP contribution in [0.3, 0.4) is 0 Å². The highest BCUT2D eigenvalue weighted by Crippen LogP contribution is 2.47. The molecule has 0 aromatic rings. The topological polar surface area (TPSA) is 27.0 Å². The third-order valence-corrected chi connectivity index (χ3v) is 5.72. The second-order valence-corrected chi connectivity index (χ2v) is 7.19. The molecule has 0 aromatic carbocycles. The lowest BCUT2D eigenvalue weighted by Gasteiger charge is -2.36. The summed E-state index contributed by atoms with van der Waals surface area (Å²) in [6.07, 6.45) is 7.38. The summed E-state index contributed by atoms with van der Waals surface area (Å²) >= 11 is 7.28. The van der Waals surface area contributed by atoms with Gasteiger partial charge in [-0.3, -0.25) is 0 Å². The van der Waals surface area contributed by atoms with E-state index in [-0.39, 0.29) is 0 Å². The van der Waals surface area contributed by atoms with Crippen LogP contribution in [0.25, 0.3) is 0 Å². The SMILES string of the molecule is CCCN(C(=S)SCCC#N)C1CC2CCC1C2. The predicted molar refractivity (Wildman–Crippen MR) is 81.5 cm³/mol. The fourth-order valence-electron chi connectivity index (χ4n) is 3.49. The zero-order valence-electron chi connectivity index (χ0n) is 11.1. The van der Waals surface area contributed by atoms with Crippen LogP contribution in [0.5, 0.6) is 0 Å². The van der Waals surface area contributed by atoms with Gasteiger partial charge in [0.2, 0.25) is 0 Å². The van der Waals surface area contributed by atoms with Crippen molar-refractivity contribution < 1.29 is 0 Å². The van der Waals surface area contributed by atoms with Crippen molar-refractivity contribution in [1.82, 2.24) is 4.90 Å².